The Morgan fingerprint density at radius 1 is 0.875 bits per heavy atom. The molecule has 2 amide bonds. The van der Waals surface area contributed by atoms with Crippen LogP contribution in [0.3, 0.4) is 0 Å². The van der Waals surface area contributed by atoms with Gasteiger partial charge in [-0.15, -0.1) is 11.8 Å². The molecule has 0 aromatic heterocycles. The first-order valence-corrected chi connectivity index (χ1v) is 16.8. The van der Waals surface area contributed by atoms with Gasteiger partial charge in [0.2, 0.25) is 5.91 Å². The number of anilines is 1. The van der Waals surface area contributed by atoms with E-state index in [2.05, 4.69) is 10.6 Å². The molecule has 1 heterocycles. The van der Waals surface area contributed by atoms with E-state index in [-0.39, 0.29) is 30.6 Å². The van der Waals surface area contributed by atoms with Crippen molar-refractivity contribution in [1.82, 2.24) is 5.32 Å². The first-order valence-electron chi connectivity index (χ1n) is 15.8. The van der Waals surface area contributed by atoms with E-state index >= 15 is 0 Å². The monoisotopic (exact) mass is 668 g/mol. The van der Waals surface area contributed by atoms with Crippen molar-refractivity contribution in [2.24, 2.45) is 0 Å². The maximum Gasteiger partial charge on any atom is 0.303 e. The van der Waals surface area contributed by atoms with Crippen molar-refractivity contribution in [3.63, 3.8) is 0 Å². The quantitative estimate of drug-likeness (QED) is 0.113. The van der Waals surface area contributed by atoms with Crippen molar-refractivity contribution in [3.05, 3.63) is 119 Å². The summed E-state index contributed by atoms with van der Waals surface area (Å²) in [5, 5.41) is 15.1. The van der Waals surface area contributed by atoms with E-state index in [0.29, 0.717) is 18.7 Å². The van der Waals surface area contributed by atoms with Gasteiger partial charge in [-0.05, 0) is 65.1 Å². The molecule has 1 aliphatic rings. The summed E-state index contributed by atoms with van der Waals surface area (Å²) in [5.74, 6) is -0.246. The zero-order valence-corrected chi connectivity index (χ0v) is 28.0. The van der Waals surface area contributed by atoms with Gasteiger partial charge in [-0.2, -0.15) is 0 Å². The molecule has 0 bridgehead atoms. The maximum absolute atomic E-state index is 12.3. The molecular formula is C38H40N2O7S. The molecule has 4 aromatic carbocycles. The van der Waals surface area contributed by atoms with Crippen LogP contribution < -0.4 is 10.6 Å². The van der Waals surface area contributed by atoms with Crippen LogP contribution in [0.2, 0.25) is 0 Å². The number of amides is 2. The van der Waals surface area contributed by atoms with Crippen LogP contribution in [-0.2, 0) is 41.7 Å². The highest BCUT2D eigenvalue weighted by atomic mass is 32.2. The minimum atomic E-state index is -0.858. The molecule has 1 saturated heterocycles. The van der Waals surface area contributed by atoms with Gasteiger partial charge in [0.1, 0.15) is 0 Å². The Bertz CT molecular complexity index is 1690. The average molecular weight is 669 g/mol. The summed E-state index contributed by atoms with van der Waals surface area (Å²) in [7, 11) is 0. The lowest BCUT2D eigenvalue weighted by Crippen LogP contribution is -2.35. The molecule has 4 unspecified atom stereocenters. The molecule has 4 atom stereocenters. The van der Waals surface area contributed by atoms with Gasteiger partial charge in [0.25, 0.3) is 5.91 Å². The third-order valence-corrected chi connectivity index (χ3v) is 8.99. The van der Waals surface area contributed by atoms with Crippen LogP contribution in [0, 0.1) is 0 Å². The standard InChI is InChI=1S/C38H40N2O7S/c1-24(45-26(3)43)37(44)39-21-28-5-4-6-32(19-28)29-11-13-31(14-12-29)38-46-34(20-36(47-38)30-9-7-27(22-41)8-10-30)23-48-35-17-15-33(16-18-35)40-25(2)42/h4-19,24,34,36,38,41H,20-23H2,1-3H3,(H,39,44)(H,40,42). The van der Waals surface area contributed by atoms with Crippen molar-refractivity contribution in [3.8, 4) is 11.1 Å². The van der Waals surface area contributed by atoms with Gasteiger partial charge < -0.3 is 30.0 Å². The van der Waals surface area contributed by atoms with Gasteiger partial charge in [0.15, 0.2) is 12.4 Å². The second-order valence-electron chi connectivity index (χ2n) is 11.7. The summed E-state index contributed by atoms with van der Waals surface area (Å²) in [6.45, 7) is 4.59. The minimum absolute atomic E-state index is 0.0172. The van der Waals surface area contributed by atoms with Crippen LogP contribution in [0.25, 0.3) is 11.1 Å². The number of benzene rings is 4. The molecule has 0 saturated carbocycles. The molecule has 3 N–H and O–H groups in total. The fraction of sp³-hybridized carbons (Fsp3) is 0.289. The van der Waals surface area contributed by atoms with Gasteiger partial charge in [-0.1, -0.05) is 66.7 Å². The average Bonchev–Trinajstić information content (AvgIpc) is 3.10. The van der Waals surface area contributed by atoms with Gasteiger partial charge in [-0.25, -0.2) is 0 Å². The zero-order valence-electron chi connectivity index (χ0n) is 27.2. The highest BCUT2D eigenvalue weighted by molar-refractivity contribution is 7.99. The molecule has 48 heavy (non-hydrogen) atoms. The van der Waals surface area contributed by atoms with Crippen molar-refractivity contribution in [2.45, 2.75) is 69.8 Å². The number of aliphatic hydroxyl groups excluding tert-OH is 1. The summed E-state index contributed by atoms with van der Waals surface area (Å²) >= 11 is 1.69. The molecule has 1 fully saturated rings. The summed E-state index contributed by atoms with van der Waals surface area (Å²) in [6, 6.07) is 31.6. The molecule has 9 nitrogen and oxygen atoms in total. The molecule has 0 aliphatic carbocycles. The van der Waals surface area contributed by atoms with Crippen LogP contribution in [0.5, 0.6) is 0 Å². The number of esters is 1. The lowest BCUT2D eigenvalue weighted by Gasteiger charge is -2.36. The second-order valence-corrected chi connectivity index (χ2v) is 12.8. The van der Waals surface area contributed by atoms with Crippen LogP contribution >= 0.6 is 11.8 Å². The van der Waals surface area contributed by atoms with Gasteiger partial charge >= 0.3 is 5.97 Å². The first kappa shape index (κ1) is 34.8. The molecular weight excluding hydrogens is 628 g/mol. The fourth-order valence-corrected chi connectivity index (χ4v) is 6.30. The Morgan fingerprint density at radius 2 is 1.58 bits per heavy atom. The third-order valence-electron chi connectivity index (χ3n) is 7.85. The molecule has 4 aromatic rings. The molecule has 10 heteroatoms. The van der Waals surface area contributed by atoms with Gasteiger partial charge in [0.05, 0.1) is 18.8 Å². The predicted molar refractivity (Wildman–Crippen MR) is 185 cm³/mol. The summed E-state index contributed by atoms with van der Waals surface area (Å²) < 4.78 is 18.0. The number of aliphatic hydroxyl groups is 1. The summed E-state index contributed by atoms with van der Waals surface area (Å²) in [4.78, 5) is 35.9. The number of thioether (sulfide) groups is 1. The van der Waals surface area contributed by atoms with Crippen molar-refractivity contribution in [2.75, 3.05) is 11.1 Å². The van der Waals surface area contributed by atoms with Crippen molar-refractivity contribution < 1.29 is 33.7 Å². The number of hydrogen-bond acceptors (Lipinski definition) is 8. The summed E-state index contributed by atoms with van der Waals surface area (Å²) in [5.41, 5.74) is 6.43. The van der Waals surface area contributed by atoms with E-state index in [1.54, 1.807) is 18.7 Å². The van der Waals surface area contributed by atoms with Crippen molar-refractivity contribution >= 4 is 35.2 Å². The van der Waals surface area contributed by atoms with E-state index in [4.69, 9.17) is 14.2 Å². The van der Waals surface area contributed by atoms with E-state index in [1.165, 1.54) is 13.8 Å². The van der Waals surface area contributed by atoms with E-state index in [1.807, 2.05) is 97.1 Å². The number of rotatable bonds is 12. The summed E-state index contributed by atoms with van der Waals surface area (Å²) in [6.07, 6.45) is -1.06. The SMILES string of the molecule is CC(=O)Nc1ccc(SCC2CC(c3ccc(CO)cc3)OC(c3ccc(-c4cccc(CNC(=O)C(C)OC(C)=O)c4)cc3)O2)cc1. The number of ether oxygens (including phenoxy) is 3. The van der Waals surface area contributed by atoms with E-state index in [9.17, 15) is 19.5 Å². The Kier molecular flexibility index (Phi) is 12.0. The molecule has 5 rings (SSSR count). The maximum atomic E-state index is 12.3. The van der Waals surface area contributed by atoms with E-state index in [0.717, 1.165) is 44.0 Å². The Balaban J connectivity index is 1.27. The smallest absolute Gasteiger partial charge is 0.303 e. The Hall–Kier alpha value is -4.48. The number of carbonyl (C=O) groups is 3. The largest absolute Gasteiger partial charge is 0.453 e. The third kappa shape index (κ3) is 9.77. The lowest BCUT2D eigenvalue weighted by atomic mass is 9.99. The fourth-order valence-electron chi connectivity index (χ4n) is 5.38. The molecule has 0 radical (unpaired) electrons. The van der Waals surface area contributed by atoms with Crippen LogP contribution in [0.4, 0.5) is 5.69 Å². The Morgan fingerprint density at radius 3 is 2.25 bits per heavy atom. The molecule has 250 valence electrons. The number of carbonyl (C=O) groups excluding carboxylic acids is 3. The number of nitrogens with one attached hydrogen (secondary N) is 2. The van der Waals surface area contributed by atoms with Gasteiger partial charge in [-0.3, -0.25) is 14.4 Å². The first-order chi connectivity index (χ1) is 23.2. The predicted octanol–water partition coefficient (Wildman–Crippen LogP) is 6.71. The zero-order chi connectivity index (χ0) is 34.0. The lowest BCUT2D eigenvalue weighted by molar-refractivity contribution is -0.245. The minimum Gasteiger partial charge on any atom is -0.453 e. The van der Waals surface area contributed by atoms with Crippen molar-refractivity contribution in [1.29, 1.82) is 0 Å². The van der Waals surface area contributed by atoms with Crippen LogP contribution in [0.15, 0.2) is 102 Å². The highest BCUT2D eigenvalue weighted by Gasteiger charge is 2.32. The molecule has 0 spiro atoms. The van der Waals surface area contributed by atoms with E-state index < -0.39 is 18.4 Å². The van der Waals surface area contributed by atoms with Gasteiger partial charge in [0, 0.05) is 48.7 Å². The van der Waals surface area contributed by atoms with Crippen LogP contribution in [0.1, 0.15) is 61.8 Å². The molecule has 1 aliphatic heterocycles. The second kappa shape index (κ2) is 16.6. The normalized spacial score (nSPS) is 18.0. The Labute approximate surface area is 285 Å². The van der Waals surface area contributed by atoms with Crippen LogP contribution in [-0.4, -0.2) is 40.9 Å². The highest BCUT2D eigenvalue weighted by Crippen LogP contribution is 2.40. The topological polar surface area (TPSA) is 123 Å². The number of hydrogen-bond donors (Lipinski definition) is 3.